The first-order chi connectivity index (χ1) is 13.0. The van der Waals surface area contributed by atoms with Gasteiger partial charge in [0.05, 0.1) is 0 Å². The van der Waals surface area contributed by atoms with Gasteiger partial charge in [-0.05, 0) is 48.7 Å². The molecular formula is C23H20N2O2. The summed E-state index contributed by atoms with van der Waals surface area (Å²) in [6.45, 7) is 4.53. The number of fused-ring (bicyclic) bond motifs is 4. The standard InChI is InChI=1S/C23H20N2O2/c1-14-4-3-5-16(10-14)17-7-9-20-19(12-17)23(13-26-22(24)25-23)18-8-6-15(2)11-21(18)27-20/h3-12H,13H2,1-2H3,(H2,24,25). The molecule has 0 saturated carbocycles. The Morgan fingerprint density at radius 2 is 1.67 bits per heavy atom. The predicted octanol–water partition coefficient (Wildman–Crippen LogP) is 4.66. The predicted molar refractivity (Wildman–Crippen MR) is 106 cm³/mol. The van der Waals surface area contributed by atoms with Crippen LogP contribution in [0.5, 0.6) is 11.5 Å². The molecule has 0 radical (unpaired) electrons. The Morgan fingerprint density at radius 1 is 0.852 bits per heavy atom. The Hall–Kier alpha value is -3.27. The molecule has 3 aromatic carbocycles. The van der Waals surface area contributed by atoms with E-state index >= 15 is 0 Å². The molecule has 0 aromatic heterocycles. The molecule has 0 amide bonds. The molecule has 4 nitrogen and oxygen atoms in total. The molecule has 0 aliphatic carbocycles. The van der Waals surface area contributed by atoms with Gasteiger partial charge in [0.15, 0.2) is 5.54 Å². The number of aliphatic imine (C=N–C) groups is 1. The van der Waals surface area contributed by atoms with Gasteiger partial charge >= 0.3 is 0 Å². The summed E-state index contributed by atoms with van der Waals surface area (Å²) in [5.41, 5.74) is 11.9. The molecule has 2 N–H and O–H groups in total. The Labute approximate surface area is 158 Å². The van der Waals surface area contributed by atoms with E-state index in [9.17, 15) is 0 Å². The lowest BCUT2D eigenvalue weighted by atomic mass is 9.80. The highest BCUT2D eigenvalue weighted by Gasteiger charge is 2.46. The number of hydrogen-bond donors (Lipinski definition) is 1. The number of nitrogens with two attached hydrogens (primary N) is 1. The Kier molecular flexibility index (Phi) is 3.31. The van der Waals surface area contributed by atoms with Crippen LogP contribution in [0.4, 0.5) is 0 Å². The minimum atomic E-state index is -0.666. The molecule has 2 aliphatic heterocycles. The van der Waals surface area contributed by atoms with Crippen molar-refractivity contribution in [1.29, 1.82) is 0 Å². The lowest BCUT2D eigenvalue weighted by molar-refractivity contribution is 0.264. The lowest BCUT2D eigenvalue weighted by Gasteiger charge is -2.34. The largest absolute Gasteiger partial charge is 0.462 e. The van der Waals surface area contributed by atoms with Gasteiger partial charge in [0, 0.05) is 11.1 Å². The zero-order valence-corrected chi connectivity index (χ0v) is 15.3. The maximum absolute atomic E-state index is 6.23. The summed E-state index contributed by atoms with van der Waals surface area (Å²) < 4.78 is 11.9. The van der Waals surface area contributed by atoms with E-state index in [1.165, 1.54) is 11.1 Å². The van der Waals surface area contributed by atoms with Crippen LogP contribution < -0.4 is 10.5 Å². The average Bonchev–Trinajstić information content (AvgIpc) is 3.04. The van der Waals surface area contributed by atoms with E-state index in [1.54, 1.807) is 0 Å². The van der Waals surface area contributed by atoms with Crippen molar-refractivity contribution in [2.45, 2.75) is 19.4 Å². The van der Waals surface area contributed by atoms with Crippen molar-refractivity contribution in [1.82, 2.24) is 0 Å². The molecule has 1 unspecified atom stereocenters. The molecule has 2 heterocycles. The van der Waals surface area contributed by atoms with Gasteiger partial charge in [-0.25, -0.2) is 4.99 Å². The van der Waals surface area contributed by atoms with Crippen LogP contribution in [0.3, 0.4) is 0 Å². The molecule has 1 spiro atoms. The van der Waals surface area contributed by atoms with Crippen molar-refractivity contribution in [2.75, 3.05) is 6.61 Å². The zero-order chi connectivity index (χ0) is 18.6. The van der Waals surface area contributed by atoms with Crippen LogP contribution >= 0.6 is 0 Å². The fourth-order valence-electron chi connectivity index (χ4n) is 3.97. The zero-order valence-electron chi connectivity index (χ0n) is 15.3. The SMILES string of the molecule is Cc1cccc(-c2ccc3c(c2)C2(COC(N)=N2)c2ccc(C)cc2O3)c1. The van der Waals surface area contributed by atoms with E-state index in [4.69, 9.17) is 20.2 Å². The van der Waals surface area contributed by atoms with Gasteiger partial charge < -0.3 is 15.2 Å². The smallest absolute Gasteiger partial charge is 0.283 e. The minimum Gasteiger partial charge on any atom is -0.462 e. The number of nitrogens with zero attached hydrogens (tertiary/aromatic N) is 1. The molecule has 3 aromatic rings. The Balaban J connectivity index is 1.74. The van der Waals surface area contributed by atoms with Crippen LogP contribution in [-0.2, 0) is 10.3 Å². The second-order valence-electron chi connectivity index (χ2n) is 7.28. The van der Waals surface area contributed by atoms with Crippen molar-refractivity contribution >= 4 is 6.02 Å². The minimum absolute atomic E-state index is 0.218. The van der Waals surface area contributed by atoms with Crippen molar-refractivity contribution in [3.63, 3.8) is 0 Å². The lowest BCUT2D eigenvalue weighted by Crippen LogP contribution is -2.31. The average molecular weight is 356 g/mol. The number of benzene rings is 3. The van der Waals surface area contributed by atoms with Crippen molar-refractivity contribution in [2.24, 2.45) is 10.7 Å². The van der Waals surface area contributed by atoms with Gasteiger partial charge in [0.25, 0.3) is 6.02 Å². The molecule has 4 heteroatoms. The summed E-state index contributed by atoms with van der Waals surface area (Å²) in [6.07, 6.45) is 0. The third-order valence-corrected chi connectivity index (χ3v) is 5.31. The van der Waals surface area contributed by atoms with E-state index in [0.29, 0.717) is 6.61 Å². The second kappa shape index (κ2) is 5.61. The maximum atomic E-state index is 6.23. The highest BCUT2D eigenvalue weighted by molar-refractivity contribution is 5.78. The Bertz CT molecular complexity index is 1100. The summed E-state index contributed by atoms with van der Waals surface area (Å²) in [5.74, 6) is 1.61. The first-order valence-electron chi connectivity index (χ1n) is 9.04. The number of ether oxygens (including phenoxy) is 2. The first kappa shape index (κ1) is 15.9. The van der Waals surface area contributed by atoms with Gasteiger partial charge in [-0.3, -0.25) is 0 Å². The number of amidine groups is 1. The van der Waals surface area contributed by atoms with Gasteiger partial charge in [-0.15, -0.1) is 0 Å². The quantitative estimate of drug-likeness (QED) is 0.690. The van der Waals surface area contributed by atoms with Crippen molar-refractivity contribution in [3.05, 3.63) is 82.9 Å². The summed E-state index contributed by atoms with van der Waals surface area (Å²) >= 11 is 0. The van der Waals surface area contributed by atoms with Gasteiger partial charge in [0.2, 0.25) is 0 Å². The summed E-state index contributed by atoms with van der Waals surface area (Å²) in [5, 5.41) is 0. The van der Waals surface area contributed by atoms with Crippen LogP contribution in [0, 0.1) is 13.8 Å². The third kappa shape index (κ3) is 2.40. The molecule has 134 valence electrons. The molecular weight excluding hydrogens is 336 g/mol. The van der Waals surface area contributed by atoms with E-state index in [2.05, 4.69) is 62.4 Å². The second-order valence-corrected chi connectivity index (χ2v) is 7.28. The van der Waals surface area contributed by atoms with Crippen LogP contribution in [0.25, 0.3) is 11.1 Å². The molecule has 1 atom stereocenters. The van der Waals surface area contributed by atoms with Crippen LogP contribution in [0.2, 0.25) is 0 Å². The topological polar surface area (TPSA) is 56.8 Å². The van der Waals surface area contributed by atoms with Crippen LogP contribution in [-0.4, -0.2) is 12.6 Å². The van der Waals surface area contributed by atoms with Gasteiger partial charge in [0.1, 0.15) is 18.1 Å². The fraction of sp³-hybridized carbons (Fsp3) is 0.174. The Morgan fingerprint density at radius 3 is 2.44 bits per heavy atom. The molecule has 0 fully saturated rings. The highest BCUT2D eigenvalue weighted by atomic mass is 16.5. The van der Waals surface area contributed by atoms with E-state index in [0.717, 1.165) is 33.8 Å². The summed E-state index contributed by atoms with van der Waals surface area (Å²) in [4.78, 5) is 4.74. The molecule has 2 aliphatic rings. The van der Waals surface area contributed by atoms with E-state index in [-0.39, 0.29) is 6.02 Å². The van der Waals surface area contributed by atoms with E-state index < -0.39 is 5.54 Å². The van der Waals surface area contributed by atoms with Crippen LogP contribution in [0.1, 0.15) is 22.3 Å². The normalized spacial score (nSPS) is 19.7. The third-order valence-electron chi connectivity index (χ3n) is 5.31. The first-order valence-corrected chi connectivity index (χ1v) is 9.04. The summed E-state index contributed by atoms with van der Waals surface area (Å²) in [6, 6.07) is 21.1. The van der Waals surface area contributed by atoms with Gasteiger partial charge in [-0.1, -0.05) is 48.0 Å². The fourth-order valence-corrected chi connectivity index (χ4v) is 3.97. The van der Waals surface area contributed by atoms with Crippen molar-refractivity contribution in [3.8, 4) is 22.6 Å². The number of rotatable bonds is 1. The van der Waals surface area contributed by atoms with Crippen LogP contribution in [0.15, 0.2) is 65.7 Å². The molecule has 27 heavy (non-hydrogen) atoms. The summed E-state index contributed by atoms with van der Waals surface area (Å²) in [7, 11) is 0. The van der Waals surface area contributed by atoms with E-state index in [1.807, 2.05) is 12.1 Å². The maximum Gasteiger partial charge on any atom is 0.283 e. The van der Waals surface area contributed by atoms with Crippen molar-refractivity contribution < 1.29 is 9.47 Å². The number of hydrogen-bond acceptors (Lipinski definition) is 4. The molecule has 0 saturated heterocycles. The highest BCUT2D eigenvalue weighted by Crippen LogP contribution is 2.51. The molecule has 0 bridgehead atoms. The van der Waals surface area contributed by atoms with Gasteiger partial charge in [-0.2, -0.15) is 0 Å². The molecule has 5 rings (SSSR count). The number of aryl methyl sites for hydroxylation is 2. The monoisotopic (exact) mass is 356 g/mol.